The van der Waals surface area contributed by atoms with Crippen LogP contribution >= 0.6 is 0 Å². The summed E-state index contributed by atoms with van der Waals surface area (Å²) in [7, 11) is 0. The molecule has 2 fully saturated rings. The number of rotatable bonds is 1. The number of ether oxygens (including phenoxy) is 2. The molecule has 0 aromatic rings. The van der Waals surface area contributed by atoms with Crippen LogP contribution in [0.1, 0.15) is 55.4 Å². The molecule has 2 heterocycles. The van der Waals surface area contributed by atoms with Crippen molar-refractivity contribution in [1.29, 1.82) is 0 Å². The van der Waals surface area contributed by atoms with Crippen molar-refractivity contribution in [2.45, 2.75) is 84.2 Å². The summed E-state index contributed by atoms with van der Waals surface area (Å²) in [6.07, 6.45) is -0.643. The monoisotopic (exact) mass is 259 g/mol. The third-order valence-electron chi connectivity index (χ3n) is 4.50. The molecule has 0 aromatic heterocycles. The van der Waals surface area contributed by atoms with E-state index >= 15 is 0 Å². The first-order chi connectivity index (χ1) is 7.88. The summed E-state index contributed by atoms with van der Waals surface area (Å²) in [5.74, 6) is 0. The van der Waals surface area contributed by atoms with Gasteiger partial charge in [0.1, 0.15) is 11.2 Å². The minimum atomic E-state index is -0.643. The summed E-state index contributed by atoms with van der Waals surface area (Å²) in [6.45, 7) is 15.9. The maximum atomic E-state index is 5.89. The van der Waals surface area contributed by atoms with Crippen molar-refractivity contribution >= 4 is 0 Å². The molecule has 0 spiro atoms. The van der Waals surface area contributed by atoms with Gasteiger partial charge in [-0.05, 0) is 60.6 Å². The Balaban J connectivity index is 2.14. The van der Waals surface area contributed by atoms with Crippen LogP contribution < -0.4 is 0 Å². The number of hydroxylamine groups is 2. The van der Waals surface area contributed by atoms with Gasteiger partial charge in [-0.15, -0.1) is 0 Å². The van der Waals surface area contributed by atoms with Gasteiger partial charge in [0.25, 0.3) is 6.41 Å². The van der Waals surface area contributed by atoms with Gasteiger partial charge in [0, 0.05) is 0 Å². The van der Waals surface area contributed by atoms with Gasteiger partial charge >= 0.3 is 0 Å². The molecular weight excluding hydrogens is 234 g/mol. The Morgan fingerprint density at radius 1 is 0.611 bits per heavy atom. The second-order valence-electron chi connectivity index (χ2n) is 7.05. The van der Waals surface area contributed by atoms with E-state index in [1.165, 1.54) is 5.23 Å². The highest BCUT2D eigenvalue weighted by Gasteiger charge is 2.58. The summed E-state index contributed by atoms with van der Waals surface area (Å²) in [5, 5.41) is 1.34. The Morgan fingerprint density at radius 3 is 1.28 bits per heavy atom. The highest BCUT2D eigenvalue weighted by molar-refractivity contribution is 4.95. The lowest BCUT2D eigenvalue weighted by molar-refractivity contribution is -0.433. The molecule has 2 aliphatic heterocycles. The maximum Gasteiger partial charge on any atom is 0.267 e. The maximum absolute atomic E-state index is 5.89. The van der Waals surface area contributed by atoms with Crippen LogP contribution in [-0.4, -0.2) is 34.0 Å². The third-order valence-corrected chi connectivity index (χ3v) is 4.50. The SMILES string of the molecule is CC1(C)OC(N2OC(C)(C)C(C)(C)O2)OC1(C)C. The quantitative estimate of drug-likeness (QED) is 0.724. The van der Waals surface area contributed by atoms with Crippen LogP contribution in [0, 0.1) is 0 Å². The molecule has 106 valence electrons. The van der Waals surface area contributed by atoms with Crippen LogP contribution in [0.15, 0.2) is 0 Å². The lowest BCUT2D eigenvalue weighted by Crippen LogP contribution is -2.41. The average molecular weight is 259 g/mol. The number of hydrogen-bond donors (Lipinski definition) is 0. The minimum absolute atomic E-state index is 0.402. The molecule has 0 saturated carbocycles. The van der Waals surface area contributed by atoms with Crippen LogP contribution in [-0.2, 0) is 19.1 Å². The minimum Gasteiger partial charge on any atom is -0.327 e. The van der Waals surface area contributed by atoms with Gasteiger partial charge in [0.2, 0.25) is 0 Å². The van der Waals surface area contributed by atoms with Crippen LogP contribution in [0.5, 0.6) is 0 Å². The molecule has 0 bridgehead atoms. The predicted molar refractivity (Wildman–Crippen MR) is 66.3 cm³/mol. The van der Waals surface area contributed by atoms with Crippen molar-refractivity contribution in [3.63, 3.8) is 0 Å². The number of nitrogens with zero attached hydrogens (tertiary/aromatic N) is 1. The van der Waals surface area contributed by atoms with Gasteiger partial charge in [0.05, 0.1) is 11.2 Å². The first kappa shape index (κ1) is 14.2. The lowest BCUT2D eigenvalue weighted by Gasteiger charge is -2.29. The summed E-state index contributed by atoms with van der Waals surface area (Å²) in [4.78, 5) is 11.6. The Morgan fingerprint density at radius 2 is 0.944 bits per heavy atom. The van der Waals surface area contributed by atoms with Crippen molar-refractivity contribution in [2.75, 3.05) is 0 Å². The molecule has 0 amide bonds. The molecule has 2 saturated heterocycles. The van der Waals surface area contributed by atoms with Crippen LogP contribution in [0.4, 0.5) is 0 Å². The smallest absolute Gasteiger partial charge is 0.267 e. The zero-order valence-electron chi connectivity index (χ0n) is 12.7. The van der Waals surface area contributed by atoms with Crippen molar-refractivity contribution in [3.05, 3.63) is 0 Å². The molecule has 18 heavy (non-hydrogen) atoms. The fourth-order valence-electron chi connectivity index (χ4n) is 1.67. The molecule has 5 nitrogen and oxygen atoms in total. The van der Waals surface area contributed by atoms with E-state index in [9.17, 15) is 0 Å². The standard InChI is InChI=1S/C13H25NO4/c1-10(2)11(3,4)16-9(15-10)14-17-12(5,6)13(7,8)18-14/h9H,1-8H3. The van der Waals surface area contributed by atoms with E-state index in [4.69, 9.17) is 19.1 Å². The van der Waals surface area contributed by atoms with E-state index in [1.807, 2.05) is 55.4 Å². The Hall–Kier alpha value is -0.200. The third kappa shape index (κ3) is 1.98. The lowest BCUT2D eigenvalue weighted by atomic mass is 9.90. The second-order valence-corrected chi connectivity index (χ2v) is 7.05. The fourth-order valence-corrected chi connectivity index (χ4v) is 1.67. The van der Waals surface area contributed by atoms with Gasteiger partial charge in [-0.2, -0.15) is 0 Å². The van der Waals surface area contributed by atoms with Gasteiger partial charge in [-0.1, -0.05) is 0 Å². The molecule has 0 aromatic carbocycles. The Labute approximate surface area is 109 Å². The van der Waals surface area contributed by atoms with Gasteiger partial charge < -0.3 is 9.47 Å². The molecule has 0 unspecified atom stereocenters. The number of hydrogen-bond acceptors (Lipinski definition) is 5. The molecule has 2 aliphatic rings. The first-order valence-electron chi connectivity index (χ1n) is 6.41. The highest BCUT2D eigenvalue weighted by Crippen LogP contribution is 2.44. The van der Waals surface area contributed by atoms with Crippen molar-refractivity contribution in [2.24, 2.45) is 0 Å². The van der Waals surface area contributed by atoms with Gasteiger partial charge in [-0.3, -0.25) is 9.68 Å². The van der Waals surface area contributed by atoms with Crippen molar-refractivity contribution in [3.8, 4) is 0 Å². The Bertz CT molecular complexity index is 283. The average Bonchev–Trinajstić information content (AvgIpc) is 2.45. The van der Waals surface area contributed by atoms with Crippen molar-refractivity contribution < 1.29 is 19.1 Å². The topological polar surface area (TPSA) is 40.2 Å². The van der Waals surface area contributed by atoms with E-state index in [0.717, 1.165) is 0 Å². The van der Waals surface area contributed by atoms with Crippen LogP contribution in [0.2, 0.25) is 0 Å². The molecule has 0 aliphatic carbocycles. The van der Waals surface area contributed by atoms with Gasteiger partial charge in [0.15, 0.2) is 0 Å². The van der Waals surface area contributed by atoms with Crippen molar-refractivity contribution in [1.82, 2.24) is 5.23 Å². The molecule has 0 radical (unpaired) electrons. The van der Waals surface area contributed by atoms with E-state index < -0.39 is 28.8 Å². The van der Waals surface area contributed by atoms with E-state index in [2.05, 4.69) is 0 Å². The zero-order valence-corrected chi connectivity index (χ0v) is 12.7. The molecule has 2 rings (SSSR count). The summed E-state index contributed by atoms with van der Waals surface area (Å²) < 4.78 is 11.8. The van der Waals surface area contributed by atoms with Crippen LogP contribution in [0.3, 0.4) is 0 Å². The summed E-state index contributed by atoms with van der Waals surface area (Å²) >= 11 is 0. The van der Waals surface area contributed by atoms with E-state index in [0.29, 0.717) is 0 Å². The normalized spacial score (nSPS) is 34.0. The molecule has 5 heteroatoms. The van der Waals surface area contributed by atoms with Crippen LogP contribution in [0.25, 0.3) is 0 Å². The molecule has 0 N–H and O–H groups in total. The van der Waals surface area contributed by atoms with E-state index in [-0.39, 0.29) is 0 Å². The largest absolute Gasteiger partial charge is 0.327 e. The summed E-state index contributed by atoms with van der Waals surface area (Å²) in [5.41, 5.74) is -1.67. The predicted octanol–water partition coefficient (Wildman–Crippen LogP) is 2.61. The van der Waals surface area contributed by atoms with Gasteiger partial charge in [-0.25, -0.2) is 0 Å². The fraction of sp³-hybridized carbons (Fsp3) is 1.00. The summed E-state index contributed by atoms with van der Waals surface area (Å²) in [6, 6.07) is 0. The van der Waals surface area contributed by atoms with E-state index in [1.54, 1.807) is 0 Å². The second kappa shape index (κ2) is 3.67. The Kier molecular flexibility index (Phi) is 2.90. The molecular formula is C13H25NO4. The first-order valence-corrected chi connectivity index (χ1v) is 6.41. The zero-order chi connectivity index (χ0) is 14.0. The highest BCUT2D eigenvalue weighted by atomic mass is 17.0. The molecule has 0 atom stereocenters.